The summed E-state index contributed by atoms with van der Waals surface area (Å²) >= 11 is 6.07. The minimum Gasteiger partial charge on any atom is -0.459 e. The minimum atomic E-state index is -2.38. The molecule has 8 nitrogen and oxygen atoms in total. The van der Waals surface area contributed by atoms with Crippen molar-refractivity contribution in [3.8, 4) is 11.5 Å². The zero-order valence-corrected chi connectivity index (χ0v) is 28.6. The number of halogens is 1. The fourth-order valence-corrected chi connectivity index (χ4v) is 5.86. The van der Waals surface area contributed by atoms with E-state index in [1.165, 1.54) is 11.1 Å². The lowest BCUT2D eigenvalue weighted by atomic mass is 10.1. The molecule has 0 saturated heterocycles. The van der Waals surface area contributed by atoms with Crippen LogP contribution in [0.25, 0.3) is 0 Å². The van der Waals surface area contributed by atoms with Crippen LogP contribution in [0.15, 0.2) is 103 Å². The average Bonchev–Trinajstić information content (AvgIpc) is 3.51. The highest BCUT2D eigenvalue weighted by Crippen LogP contribution is 2.41. The van der Waals surface area contributed by atoms with E-state index in [0.717, 1.165) is 36.8 Å². The molecule has 4 aromatic rings. The summed E-state index contributed by atoms with van der Waals surface area (Å²) in [6.45, 7) is 2.56. The number of aliphatic hydroxyl groups excluding tert-OH is 1. The third kappa shape index (κ3) is 10.3. The second kappa shape index (κ2) is 17.9. The Hall–Kier alpha value is -4.37. The third-order valence-corrected chi connectivity index (χ3v) is 8.59. The largest absolute Gasteiger partial charge is 0.459 e. The fraction of sp³-hybridized carbons (Fsp3) is 0.350. The normalized spacial score (nSPS) is 14.2. The summed E-state index contributed by atoms with van der Waals surface area (Å²) in [7, 11) is 0. The highest BCUT2D eigenvalue weighted by Gasteiger charge is 2.59. The maximum absolute atomic E-state index is 13.5. The Morgan fingerprint density at radius 2 is 1.33 bits per heavy atom. The Kier molecular flexibility index (Phi) is 13.1. The summed E-state index contributed by atoms with van der Waals surface area (Å²) in [6, 6.07) is 32.6. The van der Waals surface area contributed by atoms with Crippen molar-refractivity contribution in [3.63, 3.8) is 0 Å². The number of nitrogens with one attached hydrogen (secondary N) is 1. The van der Waals surface area contributed by atoms with Crippen molar-refractivity contribution in [2.45, 2.75) is 69.8 Å². The molecule has 0 aromatic heterocycles. The molecule has 0 amide bonds. The molecular weight excluding hydrogens is 642 g/mol. The first-order valence-electron chi connectivity index (χ1n) is 16.9. The standard InChI is InChI=1S/C40H44ClNO7/c1-29(42-28-35(43)33-19-12-20-34(41)27-33)25-32-21-22-36-37(26-32)49-40(48-36,38(44)46-23-10-8-17-30-13-4-2-5-14-30)39(45)47-24-11-9-18-31-15-6-3-7-16-31/h2-7,12-16,19-22,26-27,29,35,42-43H,8-11,17-18,23-25,28H2,1H3/t29-,35+/m1/s1. The number of fused-ring (bicyclic) bond motifs is 1. The first-order valence-corrected chi connectivity index (χ1v) is 17.3. The number of carbonyl (C=O) groups excluding carboxylic acids is 2. The van der Waals surface area contributed by atoms with Gasteiger partial charge in [-0.15, -0.1) is 0 Å². The van der Waals surface area contributed by atoms with Crippen LogP contribution in [-0.2, 0) is 38.3 Å². The van der Waals surface area contributed by atoms with E-state index in [1.54, 1.807) is 30.3 Å². The highest BCUT2D eigenvalue weighted by molar-refractivity contribution is 6.30. The zero-order chi connectivity index (χ0) is 34.5. The molecule has 0 aliphatic carbocycles. The van der Waals surface area contributed by atoms with Crippen LogP contribution in [-0.4, -0.2) is 48.6 Å². The van der Waals surface area contributed by atoms with Gasteiger partial charge in [0.2, 0.25) is 0 Å². The van der Waals surface area contributed by atoms with Gasteiger partial charge >= 0.3 is 17.7 Å². The van der Waals surface area contributed by atoms with E-state index >= 15 is 0 Å². The number of rotatable bonds is 18. The number of hydrogen-bond acceptors (Lipinski definition) is 8. The Morgan fingerprint density at radius 3 is 1.92 bits per heavy atom. The quantitative estimate of drug-likeness (QED) is 0.0645. The molecule has 2 atom stereocenters. The Bertz CT molecular complexity index is 1590. The van der Waals surface area contributed by atoms with Crippen LogP contribution in [0, 0.1) is 0 Å². The molecule has 2 N–H and O–H groups in total. The molecule has 9 heteroatoms. The molecule has 0 unspecified atom stereocenters. The van der Waals surface area contributed by atoms with Gasteiger partial charge in [-0.25, -0.2) is 9.59 Å². The third-order valence-electron chi connectivity index (χ3n) is 8.36. The van der Waals surface area contributed by atoms with Gasteiger partial charge in [-0.1, -0.05) is 90.5 Å². The fourth-order valence-electron chi connectivity index (χ4n) is 5.67. The van der Waals surface area contributed by atoms with Gasteiger partial charge in [0, 0.05) is 17.6 Å². The lowest BCUT2D eigenvalue weighted by Crippen LogP contribution is -2.56. The van der Waals surface area contributed by atoms with Crippen LogP contribution < -0.4 is 14.8 Å². The summed E-state index contributed by atoms with van der Waals surface area (Å²) in [6.07, 6.45) is 4.41. The van der Waals surface area contributed by atoms with Gasteiger partial charge in [-0.3, -0.25) is 0 Å². The predicted octanol–water partition coefficient (Wildman–Crippen LogP) is 7.19. The molecule has 0 fully saturated rings. The van der Waals surface area contributed by atoms with Crippen LogP contribution in [0.1, 0.15) is 61.0 Å². The van der Waals surface area contributed by atoms with Crippen molar-refractivity contribution < 1.29 is 33.6 Å². The number of ether oxygens (including phenoxy) is 4. The van der Waals surface area contributed by atoms with Gasteiger partial charge in [-0.2, -0.15) is 0 Å². The Balaban J connectivity index is 1.18. The molecule has 4 aromatic carbocycles. The molecule has 1 aliphatic heterocycles. The monoisotopic (exact) mass is 685 g/mol. The van der Waals surface area contributed by atoms with Crippen molar-refractivity contribution in [1.29, 1.82) is 0 Å². The number of aliphatic hydroxyl groups is 1. The molecule has 0 bridgehead atoms. The summed E-state index contributed by atoms with van der Waals surface area (Å²) < 4.78 is 23.1. The van der Waals surface area contributed by atoms with Gasteiger partial charge in [0.25, 0.3) is 0 Å². The predicted molar refractivity (Wildman–Crippen MR) is 189 cm³/mol. The van der Waals surface area contributed by atoms with Gasteiger partial charge in [0.15, 0.2) is 11.5 Å². The number of carbonyl (C=O) groups is 2. The second-order valence-corrected chi connectivity index (χ2v) is 12.8. The van der Waals surface area contributed by atoms with Crippen LogP contribution in [0.5, 0.6) is 11.5 Å². The summed E-state index contributed by atoms with van der Waals surface area (Å²) in [4.78, 5) is 27.0. The van der Waals surface area contributed by atoms with E-state index in [1.807, 2.05) is 55.5 Å². The molecule has 0 saturated carbocycles. The van der Waals surface area contributed by atoms with Crippen LogP contribution in [0.3, 0.4) is 0 Å². The van der Waals surface area contributed by atoms with Gasteiger partial charge in [-0.05, 0) is 98.4 Å². The van der Waals surface area contributed by atoms with E-state index in [0.29, 0.717) is 30.8 Å². The van der Waals surface area contributed by atoms with Crippen molar-refractivity contribution in [3.05, 3.63) is 130 Å². The lowest BCUT2D eigenvalue weighted by molar-refractivity contribution is -0.202. The first-order chi connectivity index (χ1) is 23.8. The molecular formula is C40H44ClNO7. The van der Waals surface area contributed by atoms with E-state index in [4.69, 9.17) is 30.5 Å². The minimum absolute atomic E-state index is 0.0133. The number of aryl methyl sites for hydroxylation is 2. The van der Waals surface area contributed by atoms with E-state index < -0.39 is 23.8 Å². The number of hydrogen-bond donors (Lipinski definition) is 2. The van der Waals surface area contributed by atoms with Crippen molar-refractivity contribution in [2.75, 3.05) is 19.8 Å². The summed E-state index contributed by atoms with van der Waals surface area (Å²) in [5.74, 6) is -3.76. The number of esters is 2. The van der Waals surface area contributed by atoms with Crippen molar-refractivity contribution in [1.82, 2.24) is 5.32 Å². The molecule has 49 heavy (non-hydrogen) atoms. The van der Waals surface area contributed by atoms with Crippen molar-refractivity contribution in [2.24, 2.45) is 0 Å². The van der Waals surface area contributed by atoms with Crippen LogP contribution >= 0.6 is 11.6 Å². The van der Waals surface area contributed by atoms with Crippen LogP contribution in [0.2, 0.25) is 5.02 Å². The van der Waals surface area contributed by atoms with Gasteiger partial charge in [0.05, 0.1) is 19.3 Å². The maximum atomic E-state index is 13.5. The smallest absolute Gasteiger partial charge is 0.453 e. The molecule has 258 valence electrons. The molecule has 0 radical (unpaired) electrons. The topological polar surface area (TPSA) is 103 Å². The maximum Gasteiger partial charge on any atom is 0.453 e. The lowest BCUT2D eigenvalue weighted by Gasteiger charge is -2.23. The number of benzene rings is 4. The molecule has 0 spiro atoms. The van der Waals surface area contributed by atoms with Crippen molar-refractivity contribution >= 4 is 23.5 Å². The van der Waals surface area contributed by atoms with E-state index in [-0.39, 0.29) is 30.8 Å². The Labute approximate surface area is 293 Å². The van der Waals surface area contributed by atoms with Gasteiger partial charge in [0.1, 0.15) is 0 Å². The first kappa shape index (κ1) is 35.9. The summed E-state index contributed by atoms with van der Waals surface area (Å²) in [5.41, 5.74) is 4.03. The molecule has 5 rings (SSSR count). The molecule has 1 heterocycles. The number of unbranched alkanes of at least 4 members (excludes halogenated alkanes) is 2. The Morgan fingerprint density at radius 1 is 0.735 bits per heavy atom. The van der Waals surface area contributed by atoms with E-state index in [9.17, 15) is 14.7 Å². The summed E-state index contributed by atoms with van der Waals surface area (Å²) in [5, 5.41) is 14.5. The zero-order valence-electron chi connectivity index (χ0n) is 27.8. The molecule has 1 aliphatic rings. The SMILES string of the molecule is C[C@H](Cc1ccc2c(c1)OC(C(=O)OCCCCc1ccccc1)(C(=O)OCCCCc1ccccc1)O2)NC[C@H](O)c1cccc(Cl)c1. The van der Waals surface area contributed by atoms with E-state index in [2.05, 4.69) is 29.6 Å². The highest BCUT2D eigenvalue weighted by atomic mass is 35.5. The average molecular weight is 686 g/mol. The van der Waals surface area contributed by atoms with Gasteiger partial charge < -0.3 is 29.4 Å². The second-order valence-electron chi connectivity index (χ2n) is 12.3. The van der Waals surface area contributed by atoms with Crippen LogP contribution in [0.4, 0.5) is 0 Å².